The van der Waals surface area contributed by atoms with E-state index in [2.05, 4.69) is 76.4 Å². The van der Waals surface area contributed by atoms with Gasteiger partial charge in [0.2, 0.25) is 0 Å². The number of carbonyl (C=O) groups is 4. The van der Waals surface area contributed by atoms with Crippen LogP contribution in [0.25, 0.3) is 49.7 Å². The monoisotopic (exact) mass is 868 g/mol. The number of aliphatic hydroxyl groups is 2. The Bertz CT molecular complexity index is 2780. The molecule has 10 nitrogen and oxygen atoms in total. The first-order valence-corrected chi connectivity index (χ1v) is 19.0. The van der Waals surface area contributed by atoms with Crippen molar-refractivity contribution in [1.82, 2.24) is 9.13 Å². The van der Waals surface area contributed by atoms with Gasteiger partial charge in [0, 0.05) is 73.4 Å². The van der Waals surface area contributed by atoms with Gasteiger partial charge in [-0.3, -0.25) is 19.2 Å². The number of benzene rings is 6. The molecule has 8 aromatic rings. The van der Waals surface area contributed by atoms with Crippen LogP contribution in [0.4, 0.5) is 0 Å². The molecule has 0 aliphatic heterocycles. The molecule has 0 saturated carbocycles. The molecule has 0 fully saturated rings. The molecule has 0 bridgehead atoms. The van der Waals surface area contributed by atoms with Gasteiger partial charge in [0.05, 0.1) is 13.2 Å². The number of nitrogens with zero attached hydrogens (tertiary/aromatic N) is 2. The molecule has 2 aromatic heterocycles. The van der Waals surface area contributed by atoms with Crippen molar-refractivity contribution >= 4 is 74.0 Å². The molecule has 0 saturated heterocycles. The summed E-state index contributed by atoms with van der Waals surface area (Å²) >= 11 is 0. The Hall–Kier alpha value is -3.71. The zero-order valence-electron chi connectivity index (χ0n) is 36.1. The van der Waals surface area contributed by atoms with E-state index in [4.69, 9.17) is 15.2 Å². The number of aldehydes is 1. The second-order valence-electron chi connectivity index (χ2n) is 13.3. The minimum absolute atomic E-state index is 0. The molecule has 0 amide bonds. The van der Waals surface area contributed by atoms with E-state index in [1.54, 1.807) is 42.5 Å². The normalized spacial score (nSPS) is 10.3. The minimum Gasteiger partial charge on any atom is -1.00 e. The van der Waals surface area contributed by atoms with Crippen LogP contribution in [0, 0.1) is 0 Å². The Morgan fingerprint density at radius 3 is 1.46 bits per heavy atom. The number of ketones is 2. The SMILES string of the molecule is CC(=O)c1ccccc1CO.CCn1c2ccccc2c2cc(/C=C/C(=O)c3ccccc3CO)ccc21.CCn1c2ccccc2c2cc(C=O)ccc21.O=CO[O-].[H-].[K+].[K+]. The van der Waals surface area contributed by atoms with E-state index in [1.807, 2.05) is 54.6 Å². The Kier molecular flexibility index (Phi) is 22.0. The second-order valence-corrected chi connectivity index (χ2v) is 13.3. The van der Waals surface area contributed by atoms with Crippen molar-refractivity contribution in [3.8, 4) is 0 Å². The number of carbonyl (C=O) groups excluding carboxylic acids is 4. The molecule has 61 heavy (non-hydrogen) atoms. The smallest absolute Gasteiger partial charge is 1.00 e. The first-order chi connectivity index (χ1) is 28.7. The molecule has 2 N–H and O–H groups in total. The standard InChI is InChI=1S/C24H21NO2.C15H13NO.C9H10O2.CH2O3.2K.H/c1-2-25-22-10-6-5-9-20(22)21-15-17(11-13-23(21)25)12-14-24(27)19-8-4-3-7-18(19)16-26;1-2-16-14-6-4-3-5-12(14)13-9-11(10-17)7-8-15(13)16;1-7(11)9-5-3-2-4-8(9)6-10;2-1-4-3;;;/h3-15,26H,2,16H2,1H3;3-10H,2H2,1H3;2-5,10H,6H2,1H3;1,3H;;;/q;;;;2*+1;-1/p-1/b14-12+;;;;;;. The maximum atomic E-state index is 12.5. The van der Waals surface area contributed by atoms with E-state index in [9.17, 15) is 19.5 Å². The topological polar surface area (TPSA) is 151 Å². The van der Waals surface area contributed by atoms with Gasteiger partial charge in [-0.1, -0.05) is 97.1 Å². The van der Waals surface area contributed by atoms with E-state index >= 15 is 0 Å². The van der Waals surface area contributed by atoms with Crippen LogP contribution in [-0.2, 0) is 36.0 Å². The van der Waals surface area contributed by atoms with Crippen LogP contribution in [0.2, 0.25) is 0 Å². The third-order valence-electron chi connectivity index (χ3n) is 9.85. The van der Waals surface area contributed by atoms with Crippen molar-refractivity contribution in [3.63, 3.8) is 0 Å². The van der Waals surface area contributed by atoms with Gasteiger partial charge in [0.25, 0.3) is 6.47 Å². The molecule has 8 rings (SSSR count). The Morgan fingerprint density at radius 1 is 0.607 bits per heavy atom. The first-order valence-electron chi connectivity index (χ1n) is 19.0. The third-order valence-corrected chi connectivity index (χ3v) is 9.85. The summed E-state index contributed by atoms with van der Waals surface area (Å²) in [6.07, 6.45) is 4.32. The van der Waals surface area contributed by atoms with Crippen molar-refractivity contribution in [2.75, 3.05) is 0 Å². The van der Waals surface area contributed by atoms with Crippen LogP contribution in [-0.4, -0.2) is 43.7 Å². The average molecular weight is 869 g/mol. The van der Waals surface area contributed by atoms with Gasteiger partial charge in [0.1, 0.15) is 6.29 Å². The van der Waals surface area contributed by atoms with Gasteiger partial charge in [-0.25, -0.2) is 0 Å². The molecule has 12 heteroatoms. The first kappa shape index (κ1) is 51.6. The summed E-state index contributed by atoms with van der Waals surface area (Å²) in [5.74, 6) is -0.106. The van der Waals surface area contributed by atoms with Gasteiger partial charge in [0.15, 0.2) is 11.6 Å². The van der Waals surface area contributed by atoms with Crippen molar-refractivity contribution in [3.05, 3.63) is 173 Å². The number of Topliss-reactive ketones (excluding diaryl/α,β-unsaturated/α-hetero) is 1. The van der Waals surface area contributed by atoms with Gasteiger partial charge in [-0.05, 0) is 86.0 Å². The molecule has 0 atom stereocenters. The summed E-state index contributed by atoms with van der Waals surface area (Å²) in [6, 6.07) is 43.1. The Morgan fingerprint density at radius 2 is 1.02 bits per heavy atom. The number of rotatable bonds is 10. The van der Waals surface area contributed by atoms with Crippen molar-refractivity contribution in [1.29, 1.82) is 0 Å². The number of aryl methyl sites for hydroxylation is 2. The zero-order valence-corrected chi connectivity index (χ0v) is 41.3. The zero-order chi connectivity index (χ0) is 42.3. The summed E-state index contributed by atoms with van der Waals surface area (Å²) < 4.78 is 4.58. The van der Waals surface area contributed by atoms with Crippen LogP contribution >= 0.6 is 0 Å². The summed E-state index contributed by atoms with van der Waals surface area (Å²) in [6.45, 7) is 7.24. The minimum atomic E-state index is -0.181. The molecule has 0 radical (unpaired) electrons. The van der Waals surface area contributed by atoms with E-state index < -0.39 is 0 Å². The van der Waals surface area contributed by atoms with Crippen LogP contribution in [0.5, 0.6) is 0 Å². The van der Waals surface area contributed by atoms with E-state index in [-0.39, 0.29) is 135 Å². The summed E-state index contributed by atoms with van der Waals surface area (Å²) in [5.41, 5.74) is 9.06. The van der Waals surface area contributed by atoms with Gasteiger partial charge in [-0.15, -0.1) is 0 Å². The molecular weight excluding hydrogens is 823 g/mol. The fraction of sp³-hybridized carbons (Fsp3) is 0.143. The largest absolute Gasteiger partial charge is 1.00 e. The molecule has 0 spiro atoms. The average Bonchev–Trinajstić information content (AvgIpc) is 3.79. The van der Waals surface area contributed by atoms with Crippen LogP contribution in [0.3, 0.4) is 0 Å². The quantitative estimate of drug-likeness (QED) is 0.0533. The second kappa shape index (κ2) is 26.0. The third kappa shape index (κ3) is 12.7. The van der Waals surface area contributed by atoms with Gasteiger partial charge < -0.3 is 30.9 Å². The van der Waals surface area contributed by atoms with Crippen molar-refractivity contribution < 1.29 is 144 Å². The van der Waals surface area contributed by atoms with Gasteiger partial charge >= 0.3 is 103 Å². The van der Waals surface area contributed by atoms with Crippen LogP contribution in [0.1, 0.15) is 70.0 Å². The fourth-order valence-corrected chi connectivity index (χ4v) is 7.16. The summed E-state index contributed by atoms with van der Waals surface area (Å²) in [7, 11) is 0. The Balaban J connectivity index is 0.000000325. The maximum absolute atomic E-state index is 12.5. The predicted molar refractivity (Wildman–Crippen MR) is 232 cm³/mol. The van der Waals surface area contributed by atoms with Gasteiger partial charge in [-0.2, -0.15) is 0 Å². The molecule has 302 valence electrons. The van der Waals surface area contributed by atoms with Crippen molar-refractivity contribution in [2.45, 2.75) is 47.1 Å². The Labute approximate surface area is 441 Å². The van der Waals surface area contributed by atoms with Crippen LogP contribution in [0.15, 0.2) is 140 Å². The number of allylic oxidation sites excluding steroid dienone is 1. The maximum Gasteiger partial charge on any atom is 1.00 e. The molecular formula is C49H46K2N2O8. The van der Waals surface area contributed by atoms with E-state index in [1.165, 1.54) is 45.1 Å². The summed E-state index contributed by atoms with van der Waals surface area (Å²) in [4.78, 5) is 45.5. The van der Waals surface area contributed by atoms with Crippen molar-refractivity contribution in [2.24, 2.45) is 0 Å². The van der Waals surface area contributed by atoms with E-state index in [0.29, 0.717) is 22.3 Å². The predicted octanol–water partition coefficient (Wildman–Crippen LogP) is 2.77. The number of hydrogen-bond acceptors (Lipinski definition) is 8. The molecule has 0 aliphatic rings. The molecule has 0 unspecified atom stereocenters. The van der Waals surface area contributed by atoms with E-state index in [0.717, 1.165) is 35.9 Å². The number of para-hydroxylation sites is 2. The molecule has 6 aromatic carbocycles. The number of aliphatic hydroxyl groups excluding tert-OH is 2. The molecule has 0 aliphatic carbocycles. The van der Waals surface area contributed by atoms with Crippen LogP contribution < -0.4 is 108 Å². The number of hydrogen-bond donors (Lipinski definition) is 2. The number of fused-ring (bicyclic) bond motifs is 6. The summed E-state index contributed by atoms with van der Waals surface area (Å²) in [5, 5.41) is 31.5. The fourth-order valence-electron chi connectivity index (χ4n) is 7.16. The number of aromatic nitrogens is 2. The molecule has 2 heterocycles.